The molecule has 0 aromatic heterocycles. The van der Waals surface area contributed by atoms with Crippen molar-refractivity contribution >= 4 is 0 Å². The quantitative estimate of drug-likeness (QED) is 0.331. The summed E-state index contributed by atoms with van der Waals surface area (Å²) in [7, 11) is 6.34. The highest BCUT2D eigenvalue weighted by molar-refractivity contribution is 3.92. The van der Waals surface area contributed by atoms with Crippen LogP contribution in [0.5, 0.6) is 0 Å². The second kappa shape index (κ2) is 4.59. The first-order valence-electron chi connectivity index (χ1n) is 2.92. The average molecular weight is 151 g/mol. The van der Waals surface area contributed by atoms with E-state index in [1.165, 1.54) is 14.2 Å². The summed E-state index contributed by atoms with van der Waals surface area (Å²) in [5, 5.41) is 0. The minimum absolute atomic E-state index is 0.170. The molecule has 5 heteroatoms. The van der Waals surface area contributed by atoms with Gasteiger partial charge in [-0.15, -0.1) is 15.1 Å². The van der Waals surface area contributed by atoms with Gasteiger partial charge in [-0.2, -0.15) is 0 Å². The van der Waals surface area contributed by atoms with E-state index in [1.807, 2.05) is 0 Å². The molecule has 0 saturated carbocycles. The standard InChI is InChI=1S/C5H15N2O3/c1-6-7(9-3,10-4)5-8-2/h6H,5H2,1-4H3/q+1. The summed E-state index contributed by atoms with van der Waals surface area (Å²) < 4.78 is 4.84. The zero-order chi connectivity index (χ0) is 8.04. The summed E-state index contributed by atoms with van der Waals surface area (Å²) in [6.07, 6.45) is 0. The average Bonchev–Trinajstić information content (AvgIpc) is 2.01. The fourth-order valence-electron chi connectivity index (χ4n) is 0.597. The summed E-state index contributed by atoms with van der Waals surface area (Å²) in [4.78, 5) is 9.74. The first kappa shape index (κ1) is 9.80. The predicted octanol–water partition coefficient (Wildman–Crippen LogP) is -0.336. The maximum absolute atomic E-state index is 4.96. The summed E-state index contributed by atoms with van der Waals surface area (Å²) >= 11 is 0. The molecule has 0 aliphatic heterocycles. The summed E-state index contributed by atoms with van der Waals surface area (Å²) in [6.45, 7) is 0.295. The van der Waals surface area contributed by atoms with Crippen molar-refractivity contribution in [2.24, 2.45) is 0 Å². The molecule has 0 rings (SSSR count). The van der Waals surface area contributed by atoms with Crippen LogP contribution in [0.1, 0.15) is 0 Å². The summed E-state index contributed by atoms with van der Waals surface area (Å²) in [5.41, 5.74) is 2.78. The molecule has 1 N–H and O–H groups in total. The molecule has 0 atom stereocenters. The van der Waals surface area contributed by atoms with Crippen molar-refractivity contribution in [3.05, 3.63) is 0 Å². The molecule has 0 spiro atoms. The topological polar surface area (TPSA) is 39.7 Å². The smallest absolute Gasteiger partial charge is 0.265 e. The molecule has 0 aromatic rings. The maximum Gasteiger partial charge on any atom is 0.265 e. The lowest BCUT2D eigenvalue weighted by atomic mass is 11.2. The van der Waals surface area contributed by atoms with Crippen LogP contribution in [0.3, 0.4) is 0 Å². The Morgan fingerprint density at radius 2 is 1.70 bits per heavy atom. The minimum Gasteiger partial charge on any atom is -0.329 e. The molecule has 62 valence electrons. The van der Waals surface area contributed by atoms with Crippen LogP contribution in [-0.4, -0.2) is 40.0 Å². The van der Waals surface area contributed by atoms with Gasteiger partial charge >= 0.3 is 0 Å². The van der Waals surface area contributed by atoms with Crippen molar-refractivity contribution in [1.29, 1.82) is 0 Å². The number of nitrogens with one attached hydrogen (secondary N) is 1. The highest BCUT2D eigenvalue weighted by atomic mass is 17.0. The van der Waals surface area contributed by atoms with E-state index in [0.29, 0.717) is 6.73 Å². The van der Waals surface area contributed by atoms with Crippen molar-refractivity contribution in [3.63, 3.8) is 0 Å². The van der Waals surface area contributed by atoms with Crippen LogP contribution >= 0.6 is 0 Å². The lowest BCUT2D eigenvalue weighted by molar-refractivity contribution is -1.28. The van der Waals surface area contributed by atoms with Gasteiger partial charge in [0.2, 0.25) is 0 Å². The SMILES string of the molecule is CN[N+](COC)(OC)OC. The van der Waals surface area contributed by atoms with Crippen LogP contribution in [0, 0.1) is 0 Å². The number of hydrogen-bond acceptors (Lipinski definition) is 4. The van der Waals surface area contributed by atoms with Crippen molar-refractivity contribution in [3.8, 4) is 0 Å². The Kier molecular flexibility index (Phi) is 4.50. The second-order valence-electron chi connectivity index (χ2n) is 1.68. The van der Waals surface area contributed by atoms with Crippen molar-refractivity contribution < 1.29 is 19.3 Å². The lowest BCUT2D eigenvalue weighted by Gasteiger charge is -2.25. The zero-order valence-corrected chi connectivity index (χ0v) is 6.88. The Bertz CT molecular complexity index is 76.7. The Balaban J connectivity index is 3.87. The Labute approximate surface area is 60.9 Å². The molecule has 0 heterocycles. The molecule has 10 heavy (non-hydrogen) atoms. The molecule has 0 unspecified atom stereocenters. The fourth-order valence-corrected chi connectivity index (χ4v) is 0.597. The second-order valence-corrected chi connectivity index (χ2v) is 1.68. The number of hydrogen-bond donors (Lipinski definition) is 1. The summed E-state index contributed by atoms with van der Waals surface area (Å²) in [6, 6.07) is 0. The minimum atomic E-state index is -0.170. The van der Waals surface area contributed by atoms with Gasteiger partial charge in [0.1, 0.15) is 14.2 Å². The monoisotopic (exact) mass is 151 g/mol. The zero-order valence-electron chi connectivity index (χ0n) is 6.88. The Hall–Kier alpha value is -0.200. The fraction of sp³-hybridized carbons (Fsp3) is 1.00. The van der Waals surface area contributed by atoms with Crippen LogP contribution in [0.25, 0.3) is 0 Å². The molecule has 0 radical (unpaired) electrons. The molecule has 0 aliphatic carbocycles. The molecular weight excluding hydrogens is 136 g/mol. The number of ether oxygens (including phenoxy) is 1. The van der Waals surface area contributed by atoms with Crippen molar-refractivity contribution in [1.82, 2.24) is 5.43 Å². The van der Waals surface area contributed by atoms with Crippen LogP contribution in [0.15, 0.2) is 0 Å². The Morgan fingerprint density at radius 1 is 1.20 bits per heavy atom. The van der Waals surface area contributed by atoms with E-state index in [-0.39, 0.29) is 4.92 Å². The highest BCUT2D eigenvalue weighted by Gasteiger charge is 2.26. The molecule has 0 amide bonds. The van der Waals surface area contributed by atoms with E-state index in [1.54, 1.807) is 14.2 Å². The third kappa shape index (κ3) is 2.20. The first-order valence-corrected chi connectivity index (χ1v) is 2.92. The number of methoxy groups -OCH3 is 1. The van der Waals surface area contributed by atoms with Crippen LogP contribution < -0.4 is 5.43 Å². The van der Waals surface area contributed by atoms with Gasteiger partial charge in [-0.3, -0.25) is 0 Å². The van der Waals surface area contributed by atoms with E-state index in [9.17, 15) is 0 Å². The largest absolute Gasteiger partial charge is 0.329 e. The van der Waals surface area contributed by atoms with Crippen LogP contribution in [0.4, 0.5) is 0 Å². The molecule has 5 nitrogen and oxygen atoms in total. The predicted molar refractivity (Wildman–Crippen MR) is 35.2 cm³/mol. The number of nitrogens with zero attached hydrogens (tertiary/aromatic N) is 1. The van der Waals surface area contributed by atoms with Crippen LogP contribution in [0.2, 0.25) is 0 Å². The molecule has 0 fully saturated rings. The van der Waals surface area contributed by atoms with E-state index in [2.05, 4.69) is 5.43 Å². The van der Waals surface area contributed by atoms with Gasteiger partial charge < -0.3 is 4.74 Å². The molecule has 0 aliphatic rings. The highest BCUT2D eigenvalue weighted by Crippen LogP contribution is 2.00. The van der Waals surface area contributed by atoms with Gasteiger partial charge in [0.25, 0.3) is 6.73 Å². The van der Waals surface area contributed by atoms with Gasteiger partial charge in [0, 0.05) is 14.2 Å². The van der Waals surface area contributed by atoms with Gasteiger partial charge in [0.05, 0.1) is 4.92 Å². The molecule has 0 saturated heterocycles. The van der Waals surface area contributed by atoms with Gasteiger partial charge in [0.15, 0.2) is 0 Å². The number of hydroxylamine groups is 2. The molecule has 0 bridgehead atoms. The van der Waals surface area contributed by atoms with Gasteiger partial charge in [-0.05, 0) is 0 Å². The maximum atomic E-state index is 4.96. The lowest BCUT2D eigenvalue weighted by Crippen LogP contribution is -2.55. The number of rotatable bonds is 5. The van der Waals surface area contributed by atoms with Crippen LogP contribution in [-0.2, 0) is 14.4 Å². The third-order valence-electron chi connectivity index (χ3n) is 1.23. The first-order chi connectivity index (χ1) is 4.74. The van der Waals surface area contributed by atoms with Crippen molar-refractivity contribution in [2.45, 2.75) is 0 Å². The molecule has 0 aromatic carbocycles. The van der Waals surface area contributed by atoms with E-state index >= 15 is 0 Å². The number of quaternary nitrogens is 1. The van der Waals surface area contributed by atoms with Gasteiger partial charge in [-0.1, -0.05) is 0 Å². The van der Waals surface area contributed by atoms with E-state index in [0.717, 1.165) is 0 Å². The van der Waals surface area contributed by atoms with Gasteiger partial charge in [-0.25, -0.2) is 0 Å². The third-order valence-corrected chi connectivity index (χ3v) is 1.23. The van der Waals surface area contributed by atoms with E-state index in [4.69, 9.17) is 14.4 Å². The van der Waals surface area contributed by atoms with E-state index < -0.39 is 0 Å². The molecular formula is C5H15N2O3+. The van der Waals surface area contributed by atoms with Crippen molar-refractivity contribution in [2.75, 3.05) is 35.1 Å². The Morgan fingerprint density at radius 3 is 1.80 bits per heavy atom. The normalized spacial score (nSPS) is 12.0. The summed E-state index contributed by atoms with van der Waals surface area (Å²) in [5.74, 6) is 0.